The highest BCUT2D eigenvalue weighted by molar-refractivity contribution is 6.49. The number of pyridine rings is 2. The van der Waals surface area contributed by atoms with Crippen molar-refractivity contribution in [2.24, 2.45) is 0 Å². The SMILES string of the molecule is COc1ccc2c(c1)c(C(=O)C(=O)Nc1cc(Cl)nc(OC)c1)c(C)n2Cc1ccc(Cl)c(-c2cnc(OC)cc2NC(=O)C(=O)c2c(C)n(CC3=CC=C(Cl)CC3)c3cc(OC)ccc23)c1. The second-order valence-corrected chi connectivity index (χ2v) is 17.0. The van der Waals surface area contributed by atoms with Crippen LogP contribution < -0.4 is 29.6 Å². The van der Waals surface area contributed by atoms with E-state index in [9.17, 15) is 19.2 Å². The first kappa shape index (κ1) is 46.4. The van der Waals surface area contributed by atoms with Crippen molar-refractivity contribution in [3.05, 3.63) is 140 Å². The molecule has 2 N–H and O–H groups in total. The first-order valence-corrected chi connectivity index (χ1v) is 22.0. The smallest absolute Gasteiger partial charge is 0.296 e. The van der Waals surface area contributed by atoms with Crippen molar-refractivity contribution in [3.63, 3.8) is 0 Å². The molecule has 7 aromatic rings. The van der Waals surface area contributed by atoms with Crippen LogP contribution >= 0.6 is 34.8 Å². The second kappa shape index (κ2) is 19.4. The van der Waals surface area contributed by atoms with Gasteiger partial charge < -0.3 is 38.7 Å². The second-order valence-electron chi connectivity index (χ2n) is 15.7. The average Bonchev–Trinajstić information content (AvgIpc) is 3.76. The van der Waals surface area contributed by atoms with E-state index in [4.69, 9.17) is 53.8 Å². The first-order valence-electron chi connectivity index (χ1n) is 20.8. The van der Waals surface area contributed by atoms with Crippen molar-refractivity contribution in [1.29, 1.82) is 0 Å². The van der Waals surface area contributed by atoms with E-state index in [2.05, 4.69) is 20.6 Å². The number of nitrogens with zero attached hydrogens (tertiary/aromatic N) is 4. The topological polar surface area (TPSA) is 165 Å². The fraction of sp³-hybridized carbons (Fsp3) is 0.200. The number of carbonyl (C=O) groups is 4. The number of aromatic nitrogens is 4. The van der Waals surface area contributed by atoms with Gasteiger partial charge in [0.2, 0.25) is 11.8 Å². The Balaban J connectivity index is 1.12. The van der Waals surface area contributed by atoms with Gasteiger partial charge in [0.15, 0.2) is 0 Å². The number of halogens is 3. The normalized spacial score (nSPS) is 12.4. The highest BCUT2D eigenvalue weighted by atomic mass is 35.5. The average molecular weight is 962 g/mol. The molecule has 1 aliphatic carbocycles. The zero-order chi connectivity index (χ0) is 47.7. The Morgan fingerprint density at radius 2 is 1.31 bits per heavy atom. The van der Waals surface area contributed by atoms with Crippen LogP contribution in [-0.4, -0.2) is 70.9 Å². The molecule has 4 aromatic heterocycles. The molecule has 0 atom stereocenters. The third-order valence-corrected chi connectivity index (χ3v) is 12.5. The standard InChI is InChI=1S/C50H43Cl3N6O8/c1-26-45(34-14-12-33(65-4)21-41(34)59(26)24-28-7-10-30(51)11-8-28)47(60)50(63)56-39-22-43(66-5)54-23-37(39)35-17-29(9-15-38(35)52)25-58-27(2)46(36-20-32(64-3)13-16-40(36)58)48(61)49(62)55-31-18-42(53)57-44(19-31)67-6/h7,9-10,12-23H,8,11,24-25H2,1-6H3,(H,54,56,63)(H,55,57,62). The number of rotatable bonds is 15. The molecule has 0 fully saturated rings. The first-order chi connectivity index (χ1) is 32.2. The molecule has 0 saturated heterocycles. The molecule has 0 bridgehead atoms. The van der Waals surface area contributed by atoms with Crippen molar-refractivity contribution in [3.8, 4) is 34.4 Å². The van der Waals surface area contributed by atoms with Crippen molar-refractivity contribution in [2.45, 2.75) is 39.8 Å². The number of hydrogen-bond acceptors (Lipinski definition) is 10. The van der Waals surface area contributed by atoms with Crippen LogP contribution in [0.25, 0.3) is 32.9 Å². The lowest BCUT2D eigenvalue weighted by Gasteiger charge is -2.16. The molecule has 67 heavy (non-hydrogen) atoms. The van der Waals surface area contributed by atoms with Gasteiger partial charge in [-0.1, -0.05) is 52.5 Å². The van der Waals surface area contributed by atoms with Gasteiger partial charge >= 0.3 is 0 Å². The summed E-state index contributed by atoms with van der Waals surface area (Å²) in [5, 5.41) is 7.73. The summed E-state index contributed by atoms with van der Waals surface area (Å²) in [6, 6.07) is 20.4. The summed E-state index contributed by atoms with van der Waals surface area (Å²) in [6.07, 6.45) is 6.86. The summed E-state index contributed by atoms with van der Waals surface area (Å²) in [5.41, 5.74) is 6.17. The van der Waals surface area contributed by atoms with Gasteiger partial charge in [0.05, 0.1) is 50.8 Å². The van der Waals surface area contributed by atoms with Gasteiger partial charge in [0.25, 0.3) is 23.4 Å². The molecule has 342 valence electrons. The van der Waals surface area contributed by atoms with Crippen molar-refractivity contribution >= 4 is 91.4 Å². The molecule has 1 aliphatic rings. The molecule has 0 saturated carbocycles. The predicted molar refractivity (Wildman–Crippen MR) is 260 cm³/mol. The maximum absolute atomic E-state index is 14.4. The third kappa shape index (κ3) is 9.33. The Hall–Kier alpha value is -7.13. The molecule has 2 amide bonds. The molecule has 0 radical (unpaired) electrons. The number of benzene rings is 3. The molecule has 3 aromatic carbocycles. The molecule has 0 unspecified atom stereocenters. The van der Waals surface area contributed by atoms with Crippen LogP contribution in [0.15, 0.2) is 102 Å². The lowest BCUT2D eigenvalue weighted by molar-refractivity contribution is -0.113. The minimum atomic E-state index is -0.898. The van der Waals surface area contributed by atoms with Gasteiger partial charge in [-0.15, -0.1) is 0 Å². The Kier molecular flexibility index (Phi) is 13.4. The summed E-state index contributed by atoms with van der Waals surface area (Å²) in [4.78, 5) is 64.6. The number of carbonyl (C=O) groups excluding carboxylic acids is 4. The number of fused-ring (bicyclic) bond motifs is 2. The van der Waals surface area contributed by atoms with Crippen molar-refractivity contribution in [2.75, 3.05) is 39.1 Å². The van der Waals surface area contributed by atoms with Crippen LogP contribution in [0, 0.1) is 13.8 Å². The van der Waals surface area contributed by atoms with Crippen LogP contribution in [0.3, 0.4) is 0 Å². The Morgan fingerprint density at radius 1 is 0.642 bits per heavy atom. The van der Waals surface area contributed by atoms with Crippen LogP contribution in [-0.2, 0) is 22.7 Å². The van der Waals surface area contributed by atoms with Gasteiger partial charge in [-0.3, -0.25) is 19.2 Å². The van der Waals surface area contributed by atoms with Crippen LogP contribution in [0.4, 0.5) is 11.4 Å². The molecule has 0 aliphatic heterocycles. The van der Waals surface area contributed by atoms with Gasteiger partial charge in [-0.05, 0) is 86.9 Å². The number of methoxy groups -OCH3 is 4. The minimum absolute atomic E-state index is 0.0694. The molecule has 17 heteroatoms. The minimum Gasteiger partial charge on any atom is -0.497 e. The summed E-state index contributed by atoms with van der Waals surface area (Å²) in [5.74, 6) is -1.88. The lowest BCUT2D eigenvalue weighted by Crippen LogP contribution is -2.24. The van der Waals surface area contributed by atoms with Gasteiger partial charge in [0, 0.05) is 92.0 Å². The predicted octanol–water partition coefficient (Wildman–Crippen LogP) is 10.5. The van der Waals surface area contributed by atoms with E-state index in [-0.39, 0.29) is 46.0 Å². The molecule has 14 nitrogen and oxygen atoms in total. The monoisotopic (exact) mass is 960 g/mol. The van der Waals surface area contributed by atoms with Crippen molar-refractivity contribution < 1.29 is 38.1 Å². The summed E-state index contributed by atoms with van der Waals surface area (Å²) < 4.78 is 25.6. The van der Waals surface area contributed by atoms with E-state index in [0.717, 1.165) is 34.5 Å². The van der Waals surface area contributed by atoms with Crippen molar-refractivity contribution in [1.82, 2.24) is 19.1 Å². The van der Waals surface area contributed by atoms with E-state index in [1.165, 1.54) is 45.7 Å². The molecule has 4 heterocycles. The quantitative estimate of drug-likeness (QED) is 0.0574. The molecule has 0 spiro atoms. The zero-order valence-electron chi connectivity index (χ0n) is 37.2. The number of ketones is 2. The maximum Gasteiger partial charge on any atom is 0.296 e. The van der Waals surface area contributed by atoms with Crippen LogP contribution in [0.1, 0.15) is 50.5 Å². The number of anilines is 2. The van der Waals surface area contributed by atoms with E-state index in [0.29, 0.717) is 61.9 Å². The Bertz CT molecular complexity index is 3240. The number of nitrogens with one attached hydrogen (secondary N) is 2. The lowest BCUT2D eigenvalue weighted by atomic mass is 10.0. The number of amides is 2. The zero-order valence-corrected chi connectivity index (χ0v) is 39.4. The molecule has 8 rings (SSSR count). The van der Waals surface area contributed by atoms with E-state index in [1.807, 2.05) is 52.5 Å². The number of allylic oxidation sites excluding steroid dienone is 4. The fourth-order valence-corrected chi connectivity index (χ4v) is 8.89. The van der Waals surface area contributed by atoms with Crippen LogP contribution in [0.2, 0.25) is 10.2 Å². The fourth-order valence-electron chi connectivity index (χ4n) is 8.31. The number of hydrogen-bond donors (Lipinski definition) is 2. The summed E-state index contributed by atoms with van der Waals surface area (Å²) in [7, 11) is 5.94. The van der Waals surface area contributed by atoms with E-state index in [1.54, 1.807) is 44.4 Å². The third-order valence-electron chi connectivity index (χ3n) is 11.7. The van der Waals surface area contributed by atoms with Gasteiger partial charge in [-0.25, -0.2) is 9.97 Å². The van der Waals surface area contributed by atoms with E-state index >= 15 is 0 Å². The van der Waals surface area contributed by atoms with Gasteiger partial charge in [0.1, 0.15) is 16.7 Å². The molecular weight excluding hydrogens is 919 g/mol. The summed E-state index contributed by atoms with van der Waals surface area (Å²) in [6.45, 7) is 4.29. The Morgan fingerprint density at radius 3 is 2.00 bits per heavy atom. The highest BCUT2D eigenvalue weighted by Crippen LogP contribution is 2.38. The maximum atomic E-state index is 14.4. The Labute approximate surface area is 400 Å². The van der Waals surface area contributed by atoms with E-state index < -0.39 is 23.4 Å². The summed E-state index contributed by atoms with van der Waals surface area (Å²) >= 11 is 19.3. The molecular formula is C50H43Cl3N6O8. The number of Topliss-reactive ketones (excluding diaryl/α,β-unsaturated/α-hetero) is 2. The number of ether oxygens (including phenoxy) is 4. The van der Waals surface area contributed by atoms with Gasteiger partial charge in [-0.2, -0.15) is 0 Å². The largest absolute Gasteiger partial charge is 0.497 e. The highest BCUT2D eigenvalue weighted by Gasteiger charge is 2.29. The van der Waals surface area contributed by atoms with Crippen LogP contribution in [0.5, 0.6) is 23.3 Å².